The van der Waals surface area contributed by atoms with Crippen LogP contribution in [0.5, 0.6) is 0 Å². The van der Waals surface area contributed by atoms with Gasteiger partial charge in [0, 0.05) is 13.3 Å². The third kappa shape index (κ3) is 18.6. The predicted octanol–water partition coefficient (Wildman–Crippen LogP) is -20.6. The highest BCUT2D eigenvalue weighted by Gasteiger charge is 2.62. The molecule has 9 fully saturated rings. The number of aliphatic hydroxyl groups excluding tert-OH is 27. The molecule has 0 radical (unpaired) electrons. The number of carbonyl (C=O) groups excluding carboxylic acids is 1. The molecule has 45 atom stereocenters. The molecule has 30 N–H and O–H groups in total. The van der Waals surface area contributed by atoms with Crippen molar-refractivity contribution in [2.75, 3.05) is 59.5 Å². The zero-order valence-corrected chi connectivity index (χ0v) is 56.2. The SMILES string of the molecule is CC(=O)N[C@H]1[C@@H](O[C@H]2[C@H](O[C@H]3[C@H](O[C@@H]4O[C@H](CO)[C@@H](O)[C@H](O)[C@H]4O)[C@@H](O)[C@@H](O[C@H]4[C@@H]([C@H](O)CO)O[C@@](O)(C(=O)O)C[C@H]4O)O[C@@H]3CO[C@@H]3O[C@H](CO)[C@@H](O)[C@H](O)[C@H]3O[C@H]3O[C@H](CO)[C@@H](O[C@@H]4O[C@H](CO)[C@H](O)[C@H](O)[C@H]4O)[C@H](O)[C@H]3O)O[C@H](CO)[C@@H](O)[C@@H]2O)O[C@H](CO)[C@@H](O[C@@H]2O[C@H](CO)[C@H](O)[C@H](O)[C@H]2O)[C@@H]1O. The Morgan fingerprint density at radius 2 is 0.682 bits per heavy atom. The van der Waals surface area contributed by atoms with E-state index in [9.17, 15) is 158 Å². The molecule has 0 aliphatic carbocycles. The number of carboxylic acids is 1. The highest BCUT2D eigenvalue weighted by Crippen LogP contribution is 2.41. The van der Waals surface area contributed by atoms with Crippen LogP contribution in [-0.2, 0) is 90.1 Å². The number of carbonyl (C=O) groups is 2. The fourth-order valence-electron chi connectivity index (χ4n) is 13.7. The molecule has 49 nitrogen and oxygen atoms in total. The van der Waals surface area contributed by atoms with E-state index in [0.29, 0.717) is 0 Å². The number of ether oxygens (including phenoxy) is 17. The molecule has 9 saturated heterocycles. The van der Waals surface area contributed by atoms with E-state index in [1.54, 1.807) is 0 Å². The van der Waals surface area contributed by atoms with Gasteiger partial charge in [0.25, 0.3) is 5.79 Å². The van der Waals surface area contributed by atoms with Crippen LogP contribution in [0.15, 0.2) is 0 Å². The molecule has 0 saturated carbocycles. The van der Waals surface area contributed by atoms with Crippen LogP contribution in [0.3, 0.4) is 0 Å². The van der Waals surface area contributed by atoms with Crippen molar-refractivity contribution in [1.29, 1.82) is 0 Å². The monoisotopic (exact) mass is 1580 g/mol. The normalized spacial score (nSPS) is 51.1. The molecule has 9 aliphatic rings. The van der Waals surface area contributed by atoms with E-state index in [-0.39, 0.29) is 0 Å². The lowest BCUT2D eigenvalue weighted by atomic mass is 9.92. The van der Waals surface area contributed by atoms with E-state index >= 15 is 0 Å². The summed E-state index contributed by atoms with van der Waals surface area (Å²) in [6.45, 7) is -9.68. The molecule has 9 heterocycles. The van der Waals surface area contributed by atoms with E-state index in [2.05, 4.69) is 5.32 Å². The predicted molar refractivity (Wildman–Crippen MR) is 320 cm³/mol. The van der Waals surface area contributed by atoms with Gasteiger partial charge >= 0.3 is 5.97 Å². The van der Waals surface area contributed by atoms with E-state index in [1.165, 1.54) is 0 Å². The maximum atomic E-state index is 13.0. The standard InChI is InChI=1S/C58H97NO48/c1-12(68)59-23-29(76)43(101-50-36(83)30(77)24(71)15(4-61)92-50)20(9-66)97-49(23)105-48-34(81)28(75)19(8-65)96-56(48)103-45-22(99-54(40(87)46(45)104-52-38(85)32(79)26(73)17(6-63)94-52)100-41-13(69)2-58(90,57(88)89)107-42(41)14(70)3-60)11-91-55-47(33(80)27(74)18(7-64)95-55)106-53-39(86)35(82)44(21(10-67)98-53)102-51-37(84)31(78)25(72)16(5-62)93-51/h13-56,60-67,69-87,90H,2-11H2,1H3,(H,59,68)(H,88,89)/t13-,14-,15-,16-,17-,18-,19-,20-,21-,22-,23-,24+,25+,26-,27-,28-,29-,30+,31+,32+,33+,34+,35-,36-,37-,38-,39-,40-,41-,42-,43-,44-,45-,46-,47-,48-,49-,50+,51+,52+,53-,54-,55-,56+,58-/m1/s1. The molecule has 49 heteroatoms. The van der Waals surface area contributed by atoms with Crippen molar-refractivity contribution in [2.45, 2.75) is 289 Å². The van der Waals surface area contributed by atoms with Gasteiger partial charge in [-0.15, -0.1) is 0 Å². The number of aliphatic hydroxyl groups is 28. The van der Waals surface area contributed by atoms with Crippen LogP contribution in [0.1, 0.15) is 13.3 Å². The van der Waals surface area contributed by atoms with Crippen molar-refractivity contribution in [3.8, 4) is 0 Å². The number of hydrogen-bond donors (Lipinski definition) is 30. The maximum Gasteiger partial charge on any atom is 0.364 e. The second-order valence-corrected chi connectivity index (χ2v) is 26.9. The summed E-state index contributed by atoms with van der Waals surface area (Å²) >= 11 is 0. The van der Waals surface area contributed by atoms with Gasteiger partial charge in [0.2, 0.25) is 5.91 Å². The molecule has 0 unspecified atom stereocenters. The Hall–Kier alpha value is -2.86. The first kappa shape index (κ1) is 88.1. The summed E-state index contributed by atoms with van der Waals surface area (Å²) < 4.78 is 99.8. The highest BCUT2D eigenvalue weighted by atomic mass is 16.8. The van der Waals surface area contributed by atoms with Crippen LogP contribution in [0.4, 0.5) is 0 Å². The lowest BCUT2D eigenvalue weighted by Crippen LogP contribution is -2.70. The summed E-state index contributed by atoms with van der Waals surface area (Å²) in [5.41, 5.74) is 0. The van der Waals surface area contributed by atoms with Crippen LogP contribution < -0.4 is 5.32 Å². The number of carboxylic acid groups (broad SMARTS) is 1. The molecule has 0 aromatic heterocycles. The fourth-order valence-corrected chi connectivity index (χ4v) is 13.7. The zero-order chi connectivity index (χ0) is 78.9. The van der Waals surface area contributed by atoms with Gasteiger partial charge in [0.15, 0.2) is 50.3 Å². The lowest BCUT2D eigenvalue weighted by molar-refractivity contribution is -0.413. The largest absolute Gasteiger partial charge is 0.477 e. The van der Waals surface area contributed by atoms with Crippen LogP contribution in [0.25, 0.3) is 0 Å². The first-order valence-electron chi connectivity index (χ1n) is 33.7. The average Bonchev–Trinajstić information content (AvgIpc) is 0.764. The second-order valence-electron chi connectivity index (χ2n) is 26.9. The van der Waals surface area contributed by atoms with Crippen molar-refractivity contribution in [1.82, 2.24) is 5.32 Å². The minimum Gasteiger partial charge on any atom is -0.477 e. The van der Waals surface area contributed by atoms with Crippen LogP contribution in [0, 0.1) is 0 Å². The molecule has 1 amide bonds. The van der Waals surface area contributed by atoms with E-state index in [4.69, 9.17) is 80.5 Å². The van der Waals surface area contributed by atoms with Crippen molar-refractivity contribution in [3.05, 3.63) is 0 Å². The van der Waals surface area contributed by atoms with Gasteiger partial charge in [-0.3, -0.25) is 4.79 Å². The highest BCUT2D eigenvalue weighted by molar-refractivity contribution is 5.75. The number of aliphatic carboxylic acids is 1. The van der Waals surface area contributed by atoms with Gasteiger partial charge < -0.3 is 234 Å². The van der Waals surface area contributed by atoms with Gasteiger partial charge in [-0.1, -0.05) is 0 Å². The number of rotatable bonds is 28. The van der Waals surface area contributed by atoms with Crippen molar-refractivity contribution in [3.63, 3.8) is 0 Å². The molecular weight excluding hydrogens is 1480 g/mol. The maximum absolute atomic E-state index is 13.0. The van der Waals surface area contributed by atoms with Gasteiger partial charge in [0.05, 0.1) is 65.6 Å². The Morgan fingerprint density at radius 3 is 1.11 bits per heavy atom. The molecule has 0 aromatic carbocycles. The molecule has 0 aromatic rings. The Labute approximate surface area is 602 Å². The third-order valence-electron chi connectivity index (χ3n) is 19.7. The van der Waals surface area contributed by atoms with Gasteiger partial charge in [0.1, 0.15) is 214 Å². The van der Waals surface area contributed by atoms with Crippen molar-refractivity contribution < 1.29 is 238 Å². The molecule has 0 bridgehead atoms. The van der Waals surface area contributed by atoms with Crippen molar-refractivity contribution >= 4 is 11.9 Å². The topological polar surface area (TPSA) is 790 Å². The fraction of sp³-hybridized carbons (Fsp3) is 0.966. The number of amides is 1. The first-order chi connectivity index (χ1) is 50.6. The summed E-state index contributed by atoms with van der Waals surface area (Å²) in [4.78, 5) is 25.3. The molecule has 622 valence electrons. The number of nitrogens with one attached hydrogen (secondary N) is 1. The molecule has 9 aliphatic heterocycles. The molecule has 107 heavy (non-hydrogen) atoms. The minimum atomic E-state index is -3.35. The summed E-state index contributed by atoms with van der Waals surface area (Å²) in [7, 11) is 0. The van der Waals surface area contributed by atoms with Gasteiger partial charge in [-0.25, -0.2) is 4.79 Å². The smallest absolute Gasteiger partial charge is 0.364 e. The van der Waals surface area contributed by atoms with Crippen LogP contribution in [-0.4, -0.2) is 495 Å². The van der Waals surface area contributed by atoms with E-state index < -0.39 is 354 Å². The van der Waals surface area contributed by atoms with Crippen LogP contribution >= 0.6 is 0 Å². The summed E-state index contributed by atoms with van der Waals surface area (Å²) in [5.74, 6) is -6.50. The molecule has 9 rings (SSSR count). The van der Waals surface area contributed by atoms with E-state index in [1.807, 2.05) is 0 Å². The summed E-state index contributed by atoms with van der Waals surface area (Å²) in [5, 5.41) is 320. The lowest BCUT2D eigenvalue weighted by Gasteiger charge is -2.52. The van der Waals surface area contributed by atoms with Gasteiger partial charge in [-0.2, -0.15) is 0 Å². The average molecular weight is 1580 g/mol. The Balaban J connectivity index is 1.11. The molecular formula is C58H97NO48. The first-order valence-corrected chi connectivity index (χ1v) is 33.7. The Morgan fingerprint density at radius 1 is 0.364 bits per heavy atom. The van der Waals surface area contributed by atoms with Gasteiger partial charge in [-0.05, 0) is 0 Å². The summed E-state index contributed by atoms with van der Waals surface area (Å²) in [6.07, 6.45) is -96.2. The second kappa shape index (κ2) is 37.6. The van der Waals surface area contributed by atoms with E-state index in [0.717, 1.165) is 6.92 Å². The van der Waals surface area contributed by atoms with Crippen molar-refractivity contribution in [2.24, 2.45) is 0 Å². The van der Waals surface area contributed by atoms with Crippen LogP contribution in [0.2, 0.25) is 0 Å². The zero-order valence-electron chi connectivity index (χ0n) is 56.2. The Bertz CT molecular complexity index is 2760. The molecule has 0 spiro atoms. The Kier molecular flexibility index (Phi) is 31.0. The minimum absolute atomic E-state index is 0.901. The third-order valence-corrected chi connectivity index (χ3v) is 19.7. The summed E-state index contributed by atoms with van der Waals surface area (Å²) in [6, 6.07) is -2.02. The number of hydrogen-bond acceptors (Lipinski definition) is 47. The quantitative estimate of drug-likeness (QED) is 0.0346.